The molecule has 0 aliphatic heterocycles. The lowest BCUT2D eigenvalue weighted by Crippen LogP contribution is -2.35. The number of carbonyl (C=O) groups is 2. The van der Waals surface area contributed by atoms with Crippen LogP contribution < -0.4 is 4.90 Å². The minimum atomic E-state index is -0.243. The summed E-state index contributed by atoms with van der Waals surface area (Å²) in [4.78, 5) is 27.0. The summed E-state index contributed by atoms with van der Waals surface area (Å²) in [6.45, 7) is -0.0323. The molecule has 0 aromatic heterocycles. The van der Waals surface area contributed by atoms with Crippen molar-refractivity contribution in [2.45, 2.75) is 0 Å². The Morgan fingerprint density at radius 1 is 0.720 bits per heavy atom. The molecule has 0 spiro atoms. The zero-order chi connectivity index (χ0) is 17.6. The van der Waals surface area contributed by atoms with Crippen molar-refractivity contribution in [3.8, 4) is 0 Å². The zero-order valence-corrected chi connectivity index (χ0v) is 14.2. The average molecular weight is 350 g/mol. The topological polar surface area (TPSA) is 37.4 Å². The van der Waals surface area contributed by atoms with Crippen molar-refractivity contribution < 1.29 is 9.59 Å². The van der Waals surface area contributed by atoms with Crippen molar-refractivity contribution in [1.82, 2.24) is 0 Å². The molecule has 1 amide bonds. The van der Waals surface area contributed by atoms with Crippen molar-refractivity contribution in [3.63, 3.8) is 0 Å². The predicted octanol–water partition coefficient (Wildman–Crippen LogP) is 4.87. The molecule has 0 N–H and O–H groups in total. The van der Waals surface area contributed by atoms with Crippen LogP contribution >= 0.6 is 11.6 Å². The fourth-order valence-electron chi connectivity index (χ4n) is 2.50. The molecule has 0 atom stereocenters. The Morgan fingerprint density at radius 3 is 1.88 bits per heavy atom. The molecule has 3 aromatic carbocycles. The number of anilines is 1. The van der Waals surface area contributed by atoms with Crippen LogP contribution in [-0.2, 0) is 0 Å². The summed E-state index contributed by atoms with van der Waals surface area (Å²) in [6.07, 6.45) is 0. The van der Waals surface area contributed by atoms with E-state index in [4.69, 9.17) is 11.6 Å². The first-order chi connectivity index (χ1) is 12.1. The highest BCUT2D eigenvalue weighted by Gasteiger charge is 2.21. The summed E-state index contributed by atoms with van der Waals surface area (Å²) in [5, 5.41) is 0.558. The normalized spacial score (nSPS) is 10.3. The zero-order valence-electron chi connectivity index (χ0n) is 13.4. The van der Waals surface area contributed by atoms with Gasteiger partial charge in [-0.15, -0.1) is 0 Å². The van der Waals surface area contributed by atoms with E-state index in [0.29, 0.717) is 21.8 Å². The SMILES string of the molecule is O=C(CN(C(=O)c1ccc(Cl)cc1)c1ccccc1)c1ccccc1. The molecule has 0 aliphatic rings. The van der Waals surface area contributed by atoms with Gasteiger partial charge in [0.1, 0.15) is 0 Å². The number of carbonyl (C=O) groups excluding carboxylic acids is 2. The monoisotopic (exact) mass is 349 g/mol. The standard InChI is InChI=1S/C21H16ClNO2/c22-18-13-11-17(12-14-18)21(25)23(19-9-5-2-6-10-19)15-20(24)16-7-3-1-4-8-16/h1-14H,15H2. The first-order valence-electron chi connectivity index (χ1n) is 7.86. The highest BCUT2D eigenvalue weighted by Crippen LogP contribution is 2.19. The van der Waals surface area contributed by atoms with Crippen LogP contribution in [0.15, 0.2) is 84.9 Å². The van der Waals surface area contributed by atoms with E-state index in [-0.39, 0.29) is 18.2 Å². The van der Waals surface area contributed by atoms with Gasteiger partial charge in [0.15, 0.2) is 5.78 Å². The van der Waals surface area contributed by atoms with Crippen molar-refractivity contribution in [2.75, 3.05) is 11.4 Å². The maximum Gasteiger partial charge on any atom is 0.258 e. The van der Waals surface area contributed by atoms with Gasteiger partial charge in [-0.3, -0.25) is 9.59 Å². The quantitative estimate of drug-likeness (QED) is 0.616. The number of rotatable bonds is 5. The van der Waals surface area contributed by atoms with Crippen LogP contribution in [-0.4, -0.2) is 18.2 Å². The Bertz CT molecular complexity index is 861. The van der Waals surface area contributed by atoms with Crippen molar-refractivity contribution in [1.29, 1.82) is 0 Å². The third-order valence-electron chi connectivity index (χ3n) is 3.80. The number of para-hydroxylation sites is 1. The van der Waals surface area contributed by atoms with Gasteiger partial charge in [-0.25, -0.2) is 0 Å². The number of halogens is 1. The molecule has 3 nitrogen and oxygen atoms in total. The van der Waals surface area contributed by atoms with Crippen LogP contribution in [0.25, 0.3) is 0 Å². The summed E-state index contributed by atoms with van der Waals surface area (Å²) in [7, 11) is 0. The maximum absolute atomic E-state index is 13.0. The van der Waals surface area contributed by atoms with E-state index in [9.17, 15) is 9.59 Å². The smallest absolute Gasteiger partial charge is 0.258 e. The van der Waals surface area contributed by atoms with Gasteiger partial charge in [-0.1, -0.05) is 60.1 Å². The fraction of sp³-hybridized carbons (Fsp3) is 0.0476. The van der Waals surface area contributed by atoms with Crippen LogP contribution in [0.2, 0.25) is 5.02 Å². The summed E-state index contributed by atoms with van der Waals surface area (Å²) in [5.41, 5.74) is 1.73. The predicted molar refractivity (Wildman–Crippen MR) is 100 cm³/mol. The van der Waals surface area contributed by atoms with Crippen LogP contribution in [0.1, 0.15) is 20.7 Å². The molecule has 25 heavy (non-hydrogen) atoms. The molecule has 0 aliphatic carbocycles. The Hall–Kier alpha value is -2.91. The van der Waals surface area contributed by atoms with E-state index < -0.39 is 0 Å². The Kier molecular flexibility index (Phi) is 5.26. The van der Waals surface area contributed by atoms with Crippen LogP contribution in [0.3, 0.4) is 0 Å². The van der Waals surface area contributed by atoms with Gasteiger partial charge < -0.3 is 4.90 Å². The minimum absolute atomic E-state index is 0.0323. The molecule has 3 aromatic rings. The lowest BCUT2D eigenvalue weighted by atomic mass is 10.1. The van der Waals surface area contributed by atoms with Gasteiger partial charge >= 0.3 is 0 Å². The molecule has 0 bridgehead atoms. The van der Waals surface area contributed by atoms with E-state index >= 15 is 0 Å². The van der Waals surface area contributed by atoms with E-state index in [0.717, 1.165) is 0 Å². The summed E-state index contributed by atoms with van der Waals surface area (Å²) in [6, 6.07) is 24.8. The lowest BCUT2D eigenvalue weighted by molar-refractivity contribution is 0.0937. The van der Waals surface area contributed by atoms with Gasteiger partial charge in [-0.05, 0) is 36.4 Å². The second-order valence-corrected chi connectivity index (χ2v) is 5.96. The highest BCUT2D eigenvalue weighted by molar-refractivity contribution is 6.30. The number of ketones is 1. The maximum atomic E-state index is 13.0. The minimum Gasteiger partial charge on any atom is -0.301 e. The average Bonchev–Trinajstić information content (AvgIpc) is 2.67. The van der Waals surface area contributed by atoms with E-state index in [1.807, 2.05) is 36.4 Å². The van der Waals surface area contributed by atoms with Gasteiger partial charge in [0.05, 0.1) is 6.54 Å². The highest BCUT2D eigenvalue weighted by atomic mass is 35.5. The number of hydrogen-bond acceptors (Lipinski definition) is 2. The molecule has 0 radical (unpaired) electrons. The van der Waals surface area contributed by atoms with Crippen molar-refractivity contribution in [3.05, 3.63) is 101 Å². The third kappa shape index (κ3) is 4.14. The fourth-order valence-corrected chi connectivity index (χ4v) is 2.62. The molecule has 0 heterocycles. The summed E-state index contributed by atoms with van der Waals surface area (Å²) in [5.74, 6) is -0.362. The molecule has 0 saturated heterocycles. The van der Waals surface area contributed by atoms with Gasteiger partial charge in [0.2, 0.25) is 0 Å². The van der Waals surface area contributed by atoms with Gasteiger partial charge in [0, 0.05) is 21.8 Å². The molecule has 4 heteroatoms. The Labute approximate surface area is 151 Å². The van der Waals surface area contributed by atoms with Gasteiger partial charge in [0.25, 0.3) is 5.91 Å². The van der Waals surface area contributed by atoms with Gasteiger partial charge in [-0.2, -0.15) is 0 Å². The Balaban J connectivity index is 1.91. The second-order valence-electron chi connectivity index (χ2n) is 5.52. The number of benzene rings is 3. The summed E-state index contributed by atoms with van der Waals surface area (Å²) < 4.78 is 0. The second kappa shape index (κ2) is 7.77. The van der Waals surface area contributed by atoms with Crippen molar-refractivity contribution in [2.24, 2.45) is 0 Å². The number of Topliss-reactive ketones (excluding diaryl/α,β-unsaturated/α-hetero) is 1. The molecule has 0 fully saturated rings. The number of nitrogens with zero attached hydrogens (tertiary/aromatic N) is 1. The van der Waals surface area contributed by atoms with Crippen LogP contribution in [0.4, 0.5) is 5.69 Å². The molecule has 3 rings (SSSR count). The van der Waals surface area contributed by atoms with E-state index in [1.165, 1.54) is 4.90 Å². The molecular formula is C21H16ClNO2. The first-order valence-corrected chi connectivity index (χ1v) is 8.23. The lowest BCUT2D eigenvalue weighted by Gasteiger charge is -2.22. The molecular weight excluding hydrogens is 334 g/mol. The van der Waals surface area contributed by atoms with Crippen LogP contribution in [0, 0.1) is 0 Å². The first kappa shape index (κ1) is 16.9. The van der Waals surface area contributed by atoms with Crippen molar-refractivity contribution >= 4 is 29.0 Å². The molecule has 124 valence electrons. The van der Waals surface area contributed by atoms with E-state index in [2.05, 4.69) is 0 Å². The summed E-state index contributed by atoms with van der Waals surface area (Å²) >= 11 is 5.90. The third-order valence-corrected chi connectivity index (χ3v) is 4.05. The van der Waals surface area contributed by atoms with Crippen LogP contribution in [0.5, 0.6) is 0 Å². The largest absolute Gasteiger partial charge is 0.301 e. The number of hydrogen-bond donors (Lipinski definition) is 0. The Morgan fingerprint density at radius 2 is 1.28 bits per heavy atom. The van der Waals surface area contributed by atoms with E-state index in [1.54, 1.807) is 48.5 Å². The number of amides is 1. The molecule has 0 unspecified atom stereocenters. The molecule has 0 saturated carbocycles.